The van der Waals surface area contributed by atoms with E-state index in [-0.39, 0.29) is 18.0 Å². The molecule has 0 aliphatic heterocycles. The Kier molecular flexibility index (Phi) is 5.74. The molecule has 1 aromatic rings. The molecule has 2 unspecified atom stereocenters. The van der Waals surface area contributed by atoms with E-state index in [4.69, 9.17) is 5.73 Å². The Morgan fingerprint density at radius 3 is 2.65 bits per heavy atom. The zero-order chi connectivity index (χ0) is 15.3. The van der Waals surface area contributed by atoms with Crippen LogP contribution in [0.3, 0.4) is 0 Å². The average molecular weight is 280 g/mol. The largest absolute Gasteiger partial charge is 0.368 e. The molecule has 1 heterocycles. The fourth-order valence-corrected chi connectivity index (χ4v) is 2.72. The lowest BCUT2D eigenvalue weighted by molar-refractivity contribution is -0.124. The van der Waals surface area contributed by atoms with E-state index >= 15 is 0 Å². The fraction of sp³-hybridized carbons (Fsp3) is 0.733. The summed E-state index contributed by atoms with van der Waals surface area (Å²) < 4.78 is 2.15. The number of amides is 1. The summed E-state index contributed by atoms with van der Waals surface area (Å²) in [5.74, 6) is 0.756. The van der Waals surface area contributed by atoms with E-state index in [9.17, 15) is 4.79 Å². The van der Waals surface area contributed by atoms with Crippen LogP contribution in [-0.2, 0) is 11.2 Å². The first-order valence-electron chi connectivity index (χ1n) is 7.39. The van der Waals surface area contributed by atoms with Gasteiger partial charge < -0.3 is 15.6 Å². The van der Waals surface area contributed by atoms with Gasteiger partial charge in [-0.05, 0) is 40.5 Å². The monoisotopic (exact) mass is 280 g/mol. The van der Waals surface area contributed by atoms with Gasteiger partial charge in [0.25, 0.3) is 0 Å². The Morgan fingerprint density at radius 1 is 1.50 bits per heavy atom. The number of hydrogen-bond donors (Lipinski definition) is 2. The maximum absolute atomic E-state index is 11.8. The Bertz CT molecular complexity index is 441. The van der Waals surface area contributed by atoms with Gasteiger partial charge in [-0.15, -0.1) is 0 Å². The number of aryl methyl sites for hydroxylation is 1. The third-order valence-electron chi connectivity index (χ3n) is 3.55. The standard InChI is InChI=1S/C15H28N4O/c1-6-7-13-17-8-9-19(13)12(4)10-15(5,14(16)20)18-11(2)3/h8-9,11-12,18H,6-7,10H2,1-5H3,(H2,16,20). The van der Waals surface area contributed by atoms with Crippen LogP contribution in [-0.4, -0.2) is 27.0 Å². The second-order valence-electron chi connectivity index (χ2n) is 6.05. The van der Waals surface area contributed by atoms with Gasteiger partial charge in [0.2, 0.25) is 5.91 Å². The number of carbonyl (C=O) groups excluding carboxylic acids is 1. The van der Waals surface area contributed by atoms with E-state index in [1.165, 1.54) is 0 Å². The summed E-state index contributed by atoms with van der Waals surface area (Å²) in [6.07, 6.45) is 6.45. The van der Waals surface area contributed by atoms with E-state index in [1.807, 2.05) is 33.2 Å². The van der Waals surface area contributed by atoms with E-state index in [0.717, 1.165) is 18.7 Å². The predicted octanol–water partition coefficient (Wildman–Crippen LogP) is 2.03. The number of nitrogens with zero attached hydrogens (tertiary/aromatic N) is 2. The van der Waals surface area contributed by atoms with E-state index < -0.39 is 5.54 Å². The molecular formula is C15H28N4O. The molecule has 0 fully saturated rings. The molecule has 1 rings (SSSR count). The Morgan fingerprint density at radius 2 is 2.15 bits per heavy atom. The van der Waals surface area contributed by atoms with Crippen molar-refractivity contribution in [1.82, 2.24) is 14.9 Å². The van der Waals surface area contributed by atoms with Crippen molar-refractivity contribution in [2.45, 2.75) is 71.5 Å². The highest BCUT2D eigenvalue weighted by Gasteiger charge is 2.33. The van der Waals surface area contributed by atoms with Crippen LogP contribution in [0.5, 0.6) is 0 Å². The van der Waals surface area contributed by atoms with Crippen LogP contribution in [0.2, 0.25) is 0 Å². The number of rotatable bonds is 8. The molecule has 0 bridgehead atoms. The summed E-state index contributed by atoms with van der Waals surface area (Å²) in [7, 11) is 0. The van der Waals surface area contributed by atoms with Crippen LogP contribution in [0, 0.1) is 0 Å². The summed E-state index contributed by atoms with van der Waals surface area (Å²) >= 11 is 0. The molecule has 0 aliphatic rings. The van der Waals surface area contributed by atoms with E-state index in [1.54, 1.807) is 0 Å². The second-order valence-corrected chi connectivity index (χ2v) is 6.05. The quantitative estimate of drug-likeness (QED) is 0.765. The summed E-state index contributed by atoms with van der Waals surface area (Å²) in [6, 6.07) is 0.375. The van der Waals surface area contributed by atoms with Crippen molar-refractivity contribution >= 4 is 5.91 Å². The third-order valence-corrected chi connectivity index (χ3v) is 3.55. The first-order chi connectivity index (χ1) is 9.30. The summed E-state index contributed by atoms with van der Waals surface area (Å²) in [6.45, 7) is 10.2. The van der Waals surface area contributed by atoms with Crippen LogP contribution in [0.15, 0.2) is 12.4 Å². The number of nitrogens with two attached hydrogens (primary N) is 1. The molecule has 3 N–H and O–H groups in total. The van der Waals surface area contributed by atoms with Crippen LogP contribution in [0.25, 0.3) is 0 Å². The van der Waals surface area contributed by atoms with Crippen molar-refractivity contribution in [1.29, 1.82) is 0 Å². The molecule has 0 aliphatic carbocycles. The zero-order valence-electron chi connectivity index (χ0n) is 13.3. The molecular weight excluding hydrogens is 252 g/mol. The molecule has 1 amide bonds. The number of imidazole rings is 1. The summed E-state index contributed by atoms with van der Waals surface area (Å²) in [4.78, 5) is 16.2. The van der Waals surface area contributed by atoms with E-state index in [0.29, 0.717) is 6.42 Å². The van der Waals surface area contributed by atoms with Gasteiger partial charge in [-0.3, -0.25) is 4.79 Å². The normalized spacial score (nSPS) is 16.1. The highest BCUT2D eigenvalue weighted by atomic mass is 16.1. The van der Waals surface area contributed by atoms with Crippen molar-refractivity contribution in [3.8, 4) is 0 Å². The number of hydrogen-bond acceptors (Lipinski definition) is 3. The molecule has 0 radical (unpaired) electrons. The lowest BCUT2D eigenvalue weighted by Gasteiger charge is -2.33. The Labute approximate surface area is 122 Å². The zero-order valence-corrected chi connectivity index (χ0v) is 13.3. The minimum absolute atomic E-state index is 0.169. The number of aromatic nitrogens is 2. The van der Waals surface area contributed by atoms with Crippen molar-refractivity contribution in [2.75, 3.05) is 0 Å². The van der Waals surface area contributed by atoms with Crippen molar-refractivity contribution < 1.29 is 4.79 Å². The Hall–Kier alpha value is -1.36. The van der Waals surface area contributed by atoms with Gasteiger partial charge in [0.05, 0.1) is 5.54 Å². The number of primary amides is 1. The molecule has 2 atom stereocenters. The summed E-state index contributed by atoms with van der Waals surface area (Å²) in [5, 5.41) is 3.29. The molecule has 114 valence electrons. The van der Waals surface area contributed by atoms with E-state index in [2.05, 4.69) is 28.7 Å². The topological polar surface area (TPSA) is 72.9 Å². The minimum Gasteiger partial charge on any atom is -0.368 e. The van der Waals surface area contributed by atoms with Gasteiger partial charge in [-0.2, -0.15) is 0 Å². The van der Waals surface area contributed by atoms with Crippen LogP contribution >= 0.6 is 0 Å². The lowest BCUT2D eigenvalue weighted by atomic mass is 9.91. The summed E-state index contributed by atoms with van der Waals surface area (Å²) in [5.41, 5.74) is 4.88. The van der Waals surface area contributed by atoms with Gasteiger partial charge in [0, 0.05) is 30.9 Å². The molecule has 1 aromatic heterocycles. The molecule has 5 heteroatoms. The van der Waals surface area contributed by atoms with Gasteiger partial charge in [-0.1, -0.05) is 6.92 Å². The first-order valence-corrected chi connectivity index (χ1v) is 7.39. The Balaban J connectivity index is 2.88. The molecule has 0 saturated heterocycles. The SMILES string of the molecule is CCCc1nccn1C(C)CC(C)(NC(C)C)C(N)=O. The number of carbonyl (C=O) groups is 1. The fourth-order valence-electron chi connectivity index (χ4n) is 2.72. The van der Waals surface area contributed by atoms with Gasteiger partial charge >= 0.3 is 0 Å². The molecule has 20 heavy (non-hydrogen) atoms. The average Bonchev–Trinajstić information content (AvgIpc) is 2.76. The first kappa shape index (κ1) is 16.7. The van der Waals surface area contributed by atoms with Crippen LogP contribution in [0.4, 0.5) is 0 Å². The smallest absolute Gasteiger partial charge is 0.237 e. The molecule has 5 nitrogen and oxygen atoms in total. The number of nitrogens with one attached hydrogen (secondary N) is 1. The minimum atomic E-state index is -0.707. The maximum atomic E-state index is 11.8. The van der Waals surface area contributed by atoms with Crippen LogP contribution in [0.1, 0.15) is 59.3 Å². The molecule has 0 aromatic carbocycles. The van der Waals surface area contributed by atoms with Crippen molar-refractivity contribution in [3.05, 3.63) is 18.2 Å². The third kappa shape index (κ3) is 4.07. The second kappa shape index (κ2) is 6.88. The highest BCUT2D eigenvalue weighted by Crippen LogP contribution is 2.23. The van der Waals surface area contributed by atoms with Crippen LogP contribution < -0.4 is 11.1 Å². The molecule has 0 spiro atoms. The van der Waals surface area contributed by atoms with Gasteiger partial charge in [0.15, 0.2) is 0 Å². The van der Waals surface area contributed by atoms with Crippen molar-refractivity contribution in [3.63, 3.8) is 0 Å². The van der Waals surface area contributed by atoms with Gasteiger partial charge in [-0.25, -0.2) is 4.98 Å². The lowest BCUT2D eigenvalue weighted by Crippen LogP contribution is -2.56. The van der Waals surface area contributed by atoms with Gasteiger partial charge in [0.1, 0.15) is 5.82 Å². The maximum Gasteiger partial charge on any atom is 0.237 e. The van der Waals surface area contributed by atoms with Crippen molar-refractivity contribution in [2.24, 2.45) is 5.73 Å². The predicted molar refractivity (Wildman–Crippen MR) is 81.4 cm³/mol. The molecule has 0 saturated carbocycles. The highest BCUT2D eigenvalue weighted by molar-refractivity contribution is 5.84.